The fourth-order valence-corrected chi connectivity index (χ4v) is 2.14. The molecule has 1 N–H and O–H groups in total. The maximum atomic E-state index is 10.8. The summed E-state index contributed by atoms with van der Waals surface area (Å²) in [5.74, 6) is -1.13. The van der Waals surface area contributed by atoms with Crippen LogP contribution < -0.4 is 0 Å². The average Bonchev–Trinajstić information content (AvgIpc) is 2.23. The number of rotatable bonds is 1. The van der Waals surface area contributed by atoms with E-state index in [1.54, 1.807) is 12.1 Å². The zero-order chi connectivity index (χ0) is 11.9. The van der Waals surface area contributed by atoms with Crippen molar-refractivity contribution < 1.29 is 9.90 Å². The molecule has 0 spiro atoms. The Kier molecular flexibility index (Phi) is 3.06. The van der Waals surface area contributed by atoms with Gasteiger partial charge in [-0.15, -0.1) is 0 Å². The second-order valence-corrected chi connectivity index (χ2v) is 4.66. The highest BCUT2D eigenvalue weighted by molar-refractivity contribution is 9.10. The highest BCUT2D eigenvalue weighted by atomic mass is 79.9. The van der Waals surface area contributed by atoms with Gasteiger partial charge in [-0.05, 0) is 34.1 Å². The number of aromatic nitrogens is 1. The number of carboxylic acid groups (broad SMARTS) is 1. The van der Waals surface area contributed by atoms with Crippen LogP contribution in [0, 0.1) is 0 Å². The first-order valence-corrected chi connectivity index (χ1v) is 5.73. The number of carbonyl (C=O) groups is 1. The molecule has 0 aliphatic rings. The van der Waals surface area contributed by atoms with Crippen molar-refractivity contribution in [3.8, 4) is 0 Å². The predicted molar refractivity (Wildman–Crippen MR) is 66.4 cm³/mol. The molecule has 3 nitrogen and oxygen atoms in total. The number of pyridine rings is 1. The second-order valence-electron chi connectivity index (χ2n) is 3.05. The third kappa shape index (κ3) is 1.88. The van der Waals surface area contributed by atoms with Gasteiger partial charge < -0.3 is 5.11 Å². The fraction of sp³-hybridized carbons (Fsp3) is 0. The van der Waals surface area contributed by atoms with E-state index in [4.69, 9.17) is 28.3 Å². The van der Waals surface area contributed by atoms with E-state index in [1.165, 1.54) is 6.07 Å². The summed E-state index contributed by atoms with van der Waals surface area (Å²) in [7, 11) is 0. The number of carboxylic acids is 1. The highest BCUT2D eigenvalue weighted by Crippen LogP contribution is 2.33. The molecule has 1 aromatic heterocycles. The van der Waals surface area contributed by atoms with Crippen LogP contribution in [0.25, 0.3) is 10.9 Å². The summed E-state index contributed by atoms with van der Waals surface area (Å²) in [6.07, 6.45) is 0. The summed E-state index contributed by atoms with van der Waals surface area (Å²) in [6, 6.07) is 4.68. The van der Waals surface area contributed by atoms with Crippen LogP contribution >= 0.6 is 39.1 Å². The van der Waals surface area contributed by atoms with Crippen LogP contribution in [0.4, 0.5) is 0 Å². The van der Waals surface area contributed by atoms with Gasteiger partial charge in [-0.1, -0.05) is 23.2 Å². The van der Waals surface area contributed by atoms with Crippen molar-refractivity contribution in [2.24, 2.45) is 0 Å². The van der Waals surface area contributed by atoms with E-state index in [0.717, 1.165) is 0 Å². The van der Waals surface area contributed by atoms with Crippen LogP contribution in [0.1, 0.15) is 10.5 Å². The molecule has 2 aromatic rings. The van der Waals surface area contributed by atoms with Gasteiger partial charge in [0.25, 0.3) is 0 Å². The number of fused-ring (bicyclic) bond motifs is 1. The summed E-state index contributed by atoms with van der Waals surface area (Å²) in [5.41, 5.74) is 0.331. The molecule has 0 fully saturated rings. The van der Waals surface area contributed by atoms with Gasteiger partial charge >= 0.3 is 5.97 Å². The third-order valence-electron chi connectivity index (χ3n) is 2.04. The molecule has 6 heteroatoms. The van der Waals surface area contributed by atoms with E-state index in [1.807, 2.05) is 0 Å². The van der Waals surface area contributed by atoms with Gasteiger partial charge in [-0.3, -0.25) is 0 Å². The molecule has 1 aromatic carbocycles. The van der Waals surface area contributed by atoms with Gasteiger partial charge in [0.1, 0.15) is 5.69 Å². The van der Waals surface area contributed by atoms with E-state index < -0.39 is 5.97 Å². The van der Waals surface area contributed by atoms with Gasteiger partial charge in [0, 0.05) is 5.39 Å². The molecule has 0 amide bonds. The van der Waals surface area contributed by atoms with Crippen LogP contribution in [0.5, 0.6) is 0 Å². The monoisotopic (exact) mass is 319 g/mol. The van der Waals surface area contributed by atoms with Crippen molar-refractivity contribution in [2.75, 3.05) is 0 Å². The van der Waals surface area contributed by atoms with Crippen molar-refractivity contribution in [1.82, 2.24) is 4.98 Å². The maximum absolute atomic E-state index is 10.8. The topological polar surface area (TPSA) is 50.2 Å². The molecule has 0 saturated heterocycles. The second kappa shape index (κ2) is 4.20. The van der Waals surface area contributed by atoms with Crippen molar-refractivity contribution >= 4 is 56.0 Å². The van der Waals surface area contributed by atoms with Gasteiger partial charge in [-0.2, -0.15) is 0 Å². The zero-order valence-corrected chi connectivity index (χ0v) is 10.8. The number of benzene rings is 1. The number of hydrogen-bond acceptors (Lipinski definition) is 2. The lowest BCUT2D eigenvalue weighted by molar-refractivity contribution is 0.0691. The quantitative estimate of drug-likeness (QED) is 0.864. The normalized spacial score (nSPS) is 10.7. The van der Waals surface area contributed by atoms with Crippen LogP contribution in [-0.4, -0.2) is 16.1 Å². The van der Waals surface area contributed by atoms with Gasteiger partial charge in [0.15, 0.2) is 0 Å². The first-order valence-electron chi connectivity index (χ1n) is 4.18. The SMILES string of the molecule is O=C(O)c1cc(Cl)c2ccc(Cl)c(Br)c2n1. The Labute approximate surface area is 109 Å². The minimum absolute atomic E-state index is 0.111. The zero-order valence-electron chi connectivity index (χ0n) is 7.67. The largest absolute Gasteiger partial charge is 0.477 e. The van der Waals surface area contributed by atoms with E-state index in [2.05, 4.69) is 20.9 Å². The van der Waals surface area contributed by atoms with E-state index >= 15 is 0 Å². The average molecular weight is 321 g/mol. The summed E-state index contributed by atoms with van der Waals surface area (Å²) in [6.45, 7) is 0. The predicted octanol–water partition coefficient (Wildman–Crippen LogP) is 4.00. The van der Waals surface area contributed by atoms with Gasteiger partial charge in [0.05, 0.1) is 20.0 Å². The maximum Gasteiger partial charge on any atom is 0.354 e. The minimum atomic E-state index is -1.13. The Morgan fingerprint density at radius 1 is 1.31 bits per heavy atom. The first-order chi connectivity index (χ1) is 7.50. The highest BCUT2D eigenvalue weighted by Gasteiger charge is 2.13. The summed E-state index contributed by atoms with van der Waals surface area (Å²) >= 11 is 15.1. The van der Waals surface area contributed by atoms with Gasteiger partial charge in [-0.25, -0.2) is 9.78 Å². The number of halogens is 3. The Morgan fingerprint density at radius 2 is 2.00 bits per heavy atom. The molecule has 0 unspecified atom stereocenters. The standard InChI is InChI=1S/C10H4BrCl2NO2/c11-8-5(12)2-1-4-6(13)3-7(10(15)16)14-9(4)8/h1-3H,(H,15,16). The van der Waals surface area contributed by atoms with Crippen molar-refractivity contribution in [1.29, 1.82) is 0 Å². The molecule has 0 bridgehead atoms. The van der Waals surface area contributed by atoms with Crippen LogP contribution in [0.2, 0.25) is 10.0 Å². The molecule has 0 aliphatic carbocycles. The van der Waals surface area contributed by atoms with Crippen molar-refractivity contribution in [3.05, 3.63) is 38.4 Å². The summed E-state index contributed by atoms with van der Waals surface area (Å²) < 4.78 is 0.539. The number of hydrogen-bond donors (Lipinski definition) is 1. The van der Waals surface area contributed by atoms with E-state index in [9.17, 15) is 4.79 Å². The molecule has 0 aliphatic heterocycles. The molecular formula is C10H4BrCl2NO2. The van der Waals surface area contributed by atoms with E-state index in [0.29, 0.717) is 25.4 Å². The van der Waals surface area contributed by atoms with Crippen LogP contribution in [0.15, 0.2) is 22.7 Å². The lowest BCUT2D eigenvalue weighted by atomic mass is 10.2. The van der Waals surface area contributed by atoms with Crippen molar-refractivity contribution in [3.63, 3.8) is 0 Å². The minimum Gasteiger partial charge on any atom is -0.477 e. The van der Waals surface area contributed by atoms with Crippen LogP contribution in [0.3, 0.4) is 0 Å². The van der Waals surface area contributed by atoms with Crippen LogP contribution in [-0.2, 0) is 0 Å². The Bertz CT molecular complexity index is 601. The van der Waals surface area contributed by atoms with Gasteiger partial charge in [0.2, 0.25) is 0 Å². The molecule has 0 radical (unpaired) electrons. The third-order valence-corrected chi connectivity index (χ3v) is 3.70. The molecule has 0 saturated carbocycles. The smallest absolute Gasteiger partial charge is 0.354 e. The first kappa shape index (κ1) is 11.6. The Balaban J connectivity index is 2.88. The molecular weight excluding hydrogens is 317 g/mol. The van der Waals surface area contributed by atoms with E-state index in [-0.39, 0.29) is 5.69 Å². The lowest BCUT2D eigenvalue weighted by Gasteiger charge is -2.05. The molecule has 82 valence electrons. The van der Waals surface area contributed by atoms with Crippen molar-refractivity contribution in [2.45, 2.75) is 0 Å². The molecule has 1 heterocycles. The number of aromatic carboxylic acids is 1. The molecule has 2 rings (SSSR count). The fourth-order valence-electron chi connectivity index (χ4n) is 1.30. The Morgan fingerprint density at radius 3 is 2.62 bits per heavy atom. The lowest BCUT2D eigenvalue weighted by Crippen LogP contribution is -2.00. The summed E-state index contributed by atoms with van der Waals surface area (Å²) in [5, 5.41) is 10.3. The molecule has 16 heavy (non-hydrogen) atoms. The summed E-state index contributed by atoms with van der Waals surface area (Å²) in [4.78, 5) is 14.8. The Hall–Kier alpha value is -0.840. The molecule has 0 atom stereocenters. The number of nitrogens with zero attached hydrogens (tertiary/aromatic N) is 1.